The summed E-state index contributed by atoms with van der Waals surface area (Å²) in [4.78, 5) is 2.15. The Bertz CT molecular complexity index is 63.9. The summed E-state index contributed by atoms with van der Waals surface area (Å²) in [6.07, 6.45) is 0.966. The normalized spacial score (nSPS) is 10.8. The third-order valence-electron chi connectivity index (χ3n) is 1.27. The van der Waals surface area contributed by atoms with E-state index in [1.165, 1.54) is 0 Å². The van der Waals surface area contributed by atoms with Crippen LogP contribution in [0.4, 0.5) is 0 Å². The van der Waals surface area contributed by atoms with Crippen molar-refractivity contribution in [3.63, 3.8) is 0 Å². The van der Waals surface area contributed by atoms with E-state index >= 15 is 0 Å². The van der Waals surface area contributed by atoms with Crippen LogP contribution in [0.2, 0.25) is 0 Å². The van der Waals surface area contributed by atoms with Crippen molar-refractivity contribution in [2.24, 2.45) is 0 Å². The van der Waals surface area contributed by atoms with Gasteiger partial charge in [0.1, 0.15) is 0 Å². The lowest BCUT2D eigenvalue weighted by Crippen LogP contribution is -2.27. The van der Waals surface area contributed by atoms with Gasteiger partial charge in [0.2, 0.25) is 0 Å². The van der Waals surface area contributed by atoms with E-state index in [1.54, 1.807) is 0 Å². The topological polar surface area (TPSA) is 39.1 Å². The second-order valence-electron chi connectivity index (χ2n) is 2.66. The van der Waals surface area contributed by atoms with Crippen LogP contribution in [0.15, 0.2) is 0 Å². The van der Waals surface area contributed by atoms with Gasteiger partial charge in [0.25, 0.3) is 0 Å². The molecule has 0 heterocycles. The van der Waals surface area contributed by atoms with Crippen LogP contribution in [0.3, 0.4) is 0 Å². The lowest BCUT2D eigenvalue weighted by atomic mass is 10.4. The van der Waals surface area contributed by atoms with Gasteiger partial charge in [0.15, 0.2) is 0 Å². The van der Waals surface area contributed by atoms with E-state index in [9.17, 15) is 0 Å². The monoisotopic (exact) mass is 144 g/mol. The molecule has 10 heavy (non-hydrogen) atoms. The van der Waals surface area contributed by atoms with E-state index in [1.807, 2.05) is 0 Å². The lowest BCUT2D eigenvalue weighted by molar-refractivity contribution is 0.400. The molecule has 0 aliphatic rings. The van der Waals surface area contributed by atoms with Crippen molar-refractivity contribution in [1.29, 1.82) is 0 Å². The molecule has 61 valence electrons. The molecule has 0 spiro atoms. The molecule has 0 atom stereocenters. The molecular formula is C7H18N3. The Morgan fingerprint density at radius 3 is 2.50 bits per heavy atom. The molecule has 0 saturated carbocycles. The van der Waals surface area contributed by atoms with Crippen LogP contribution in [-0.4, -0.2) is 45.2 Å². The summed E-state index contributed by atoms with van der Waals surface area (Å²) in [5, 5.41) is 3.26. The standard InChI is InChI=1S/C7H18N3/c1-10(2)7-6-9-5-3-4-8/h8-9H,3-7H2,1-2H3. The molecule has 0 unspecified atom stereocenters. The molecule has 0 aromatic carbocycles. The summed E-state index contributed by atoms with van der Waals surface area (Å²) < 4.78 is 0. The second-order valence-corrected chi connectivity index (χ2v) is 2.66. The fraction of sp³-hybridized carbons (Fsp3) is 1.00. The van der Waals surface area contributed by atoms with Crippen molar-refractivity contribution < 1.29 is 0 Å². The smallest absolute Gasteiger partial charge is 0.0112 e. The molecule has 0 bridgehead atoms. The SMILES string of the molecule is CN(C)CCNCCC[NH]. The maximum absolute atomic E-state index is 6.87. The fourth-order valence-corrected chi connectivity index (χ4v) is 0.641. The van der Waals surface area contributed by atoms with Crippen LogP contribution in [0.25, 0.3) is 0 Å². The van der Waals surface area contributed by atoms with E-state index in [4.69, 9.17) is 5.73 Å². The van der Waals surface area contributed by atoms with Crippen LogP contribution in [0, 0.1) is 0 Å². The van der Waals surface area contributed by atoms with Gasteiger partial charge in [-0.05, 0) is 27.1 Å². The number of hydrogen-bond donors (Lipinski definition) is 1. The highest BCUT2D eigenvalue weighted by Gasteiger charge is 1.88. The summed E-state index contributed by atoms with van der Waals surface area (Å²) in [5.74, 6) is 0. The molecule has 0 rings (SSSR count). The van der Waals surface area contributed by atoms with E-state index in [-0.39, 0.29) is 0 Å². The minimum Gasteiger partial charge on any atom is -0.315 e. The molecule has 1 radical (unpaired) electrons. The highest BCUT2D eigenvalue weighted by molar-refractivity contribution is 4.50. The zero-order chi connectivity index (χ0) is 7.82. The predicted molar refractivity (Wildman–Crippen MR) is 44.0 cm³/mol. The van der Waals surface area contributed by atoms with Crippen LogP contribution in [0.5, 0.6) is 0 Å². The summed E-state index contributed by atoms with van der Waals surface area (Å²) in [5.41, 5.74) is 6.87. The molecule has 0 aliphatic heterocycles. The average Bonchev–Trinajstić information content (AvgIpc) is 1.87. The minimum absolute atomic E-state index is 0.537. The zero-order valence-corrected chi connectivity index (χ0v) is 6.98. The van der Waals surface area contributed by atoms with Gasteiger partial charge in [-0.1, -0.05) is 0 Å². The van der Waals surface area contributed by atoms with Gasteiger partial charge in [-0.2, -0.15) is 0 Å². The van der Waals surface area contributed by atoms with Gasteiger partial charge in [-0.25, -0.2) is 0 Å². The molecule has 0 saturated heterocycles. The summed E-state index contributed by atoms with van der Waals surface area (Å²) in [6, 6.07) is 0. The van der Waals surface area contributed by atoms with Crippen LogP contribution >= 0.6 is 0 Å². The quantitative estimate of drug-likeness (QED) is 0.525. The van der Waals surface area contributed by atoms with Crippen molar-refractivity contribution in [3.8, 4) is 0 Å². The minimum atomic E-state index is 0.537. The molecule has 0 fully saturated rings. The number of likely N-dealkylation sites (N-methyl/N-ethyl adjacent to an activating group) is 1. The molecule has 0 aromatic heterocycles. The number of rotatable bonds is 6. The Hall–Kier alpha value is -0.120. The average molecular weight is 144 g/mol. The van der Waals surface area contributed by atoms with E-state index in [2.05, 4.69) is 24.3 Å². The van der Waals surface area contributed by atoms with Crippen molar-refractivity contribution >= 4 is 0 Å². The Balaban J connectivity index is 2.77. The van der Waals surface area contributed by atoms with E-state index in [0.717, 1.165) is 26.1 Å². The lowest BCUT2D eigenvalue weighted by Gasteiger charge is -2.09. The van der Waals surface area contributed by atoms with Gasteiger partial charge >= 0.3 is 0 Å². The number of nitrogens with zero attached hydrogens (tertiary/aromatic N) is 1. The molecule has 3 heteroatoms. The predicted octanol–water partition coefficient (Wildman–Crippen LogP) is -0.189. The first kappa shape index (κ1) is 9.88. The van der Waals surface area contributed by atoms with Crippen molar-refractivity contribution in [3.05, 3.63) is 0 Å². The maximum Gasteiger partial charge on any atom is 0.0112 e. The van der Waals surface area contributed by atoms with E-state index < -0.39 is 0 Å². The molecule has 0 amide bonds. The van der Waals surface area contributed by atoms with Gasteiger partial charge in [0.05, 0.1) is 0 Å². The first-order chi connectivity index (χ1) is 4.77. The fourth-order valence-electron chi connectivity index (χ4n) is 0.641. The Labute approximate surface area is 63.6 Å². The number of nitrogens with one attached hydrogen (secondary N) is 2. The highest BCUT2D eigenvalue weighted by atomic mass is 15.1. The molecule has 2 N–H and O–H groups in total. The Morgan fingerprint density at radius 2 is 2.00 bits per heavy atom. The molecule has 0 aromatic rings. The largest absolute Gasteiger partial charge is 0.315 e. The third kappa shape index (κ3) is 7.88. The van der Waals surface area contributed by atoms with Crippen molar-refractivity contribution in [2.45, 2.75) is 6.42 Å². The van der Waals surface area contributed by atoms with Gasteiger partial charge in [-0.15, -0.1) is 0 Å². The van der Waals surface area contributed by atoms with Gasteiger partial charge in [0, 0.05) is 19.6 Å². The first-order valence-corrected chi connectivity index (χ1v) is 3.77. The zero-order valence-electron chi connectivity index (χ0n) is 6.98. The number of hydrogen-bond acceptors (Lipinski definition) is 2. The summed E-state index contributed by atoms with van der Waals surface area (Å²) in [7, 11) is 4.12. The van der Waals surface area contributed by atoms with Gasteiger partial charge in [-0.3, -0.25) is 5.73 Å². The summed E-state index contributed by atoms with van der Waals surface area (Å²) >= 11 is 0. The summed E-state index contributed by atoms with van der Waals surface area (Å²) in [6.45, 7) is 3.64. The Kier molecular flexibility index (Phi) is 6.91. The van der Waals surface area contributed by atoms with E-state index in [0.29, 0.717) is 6.54 Å². The third-order valence-corrected chi connectivity index (χ3v) is 1.27. The van der Waals surface area contributed by atoms with Crippen LogP contribution in [-0.2, 0) is 0 Å². The maximum atomic E-state index is 6.87. The van der Waals surface area contributed by atoms with Crippen molar-refractivity contribution in [2.75, 3.05) is 40.3 Å². The van der Waals surface area contributed by atoms with Crippen LogP contribution in [0.1, 0.15) is 6.42 Å². The van der Waals surface area contributed by atoms with Crippen LogP contribution < -0.4 is 11.1 Å². The van der Waals surface area contributed by atoms with Crippen molar-refractivity contribution in [1.82, 2.24) is 16.0 Å². The van der Waals surface area contributed by atoms with Gasteiger partial charge < -0.3 is 10.2 Å². The highest BCUT2D eigenvalue weighted by Crippen LogP contribution is 1.73. The molecular weight excluding hydrogens is 126 g/mol. The second kappa shape index (κ2) is 6.99. The molecule has 0 aliphatic carbocycles. The molecule has 3 nitrogen and oxygen atoms in total. The Morgan fingerprint density at radius 1 is 1.30 bits per heavy atom. The first-order valence-electron chi connectivity index (χ1n) is 3.77.